The van der Waals surface area contributed by atoms with E-state index < -0.39 is 6.10 Å². The van der Waals surface area contributed by atoms with Gasteiger partial charge in [-0.05, 0) is 56.0 Å². The zero-order valence-electron chi connectivity index (χ0n) is 16.4. The number of aryl methyl sites for hydroxylation is 2. The van der Waals surface area contributed by atoms with E-state index in [2.05, 4.69) is 33.7 Å². The molecule has 0 unspecified atom stereocenters. The Morgan fingerprint density at radius 1 is 1.18 bits per heavy atom. The second kappa shape index (κ2) is 9.21. The van der Waals surface area contributed by atoms with Crippen molar-refractivity contribution < 1.29 is 9.53 Å². The predicted octanol–water partition coefficient (Wildman–Crippen LogP) is 5.16. The fraction of sp³-hybridized carbons (Fsp3) is 0.286. The molecule has 0 aliphatic rings. The molecule has 1 N–H and O–H groups in total. The maximum atomic E-state index is 12.5. The number of nitrogens with zero attached hydrogens (tertiary/aromatic N) is 2. The van der Waals surface area contributed by atoms with Gasteiger partial charge >= 0.3 is 0 Å². The highest BCUT2D eigenvalue weighted by Crippen LogP contribution is 2.29. The molecule has 146 valence electrons. The number of anilines is 1. The van der Waals surface area contributed by atoms with Crippen LogP contribution in [-0.2, 0) is 10.5 Å². The number of nitrogens with one attached hydrogen (secondary N) is 1. The molecule has 1 aromatic heterocycles. The number of hydrogen-bond acceptors (Lipinski definition) is 6. The van der Waals surface area contributed by atoms with Gasteiger partial charge in [0.15, 0.2) is 10.4 Å². The van der Waals surface area contributed by atoms with Crippen LogP contribution >= 0.6 is 23.1 Å². The van der Waals surface area contributed by atoms with E-state index in [1.807, 2.05) is 45.0 Å². The van der Waals surface area contributed by atoms with Crippen molar-refractivity contribution in [3.63, 3.8) is 0 Å². The van der Waals surface area contributed by atoms with E-state index in [0.29, 0.717) is 5.13 Å². The molecule has 0 saturated heterocycles. The molecule has 0 fully saturated rings. The van der Waals surface area contributed by atoms with Gasteiger partial charge < -0.3 is 4.74 Å². The van der Waals surface area contributed by atoms with Crippen molar-refractivity contribution in [2.45, 2.75) is 43.9 Å². The van der Waals surface area contributed by atoms with Crippen molar-refractivity contribution in [3.05, 3.63) is 64.7 Å². The second-order valence-electron chi connectivity index (χ2n) is 6.60. The molecule has 1 heterocycles. The molecule has 0 bridgehead atoms. The first-order valence-corrected chi connectivity index (χ1v) is 10.8. The molecular weight excluding hydrogens is 390 g/mol. The van der Waals surface area contributed by atoms with Crippen molar-refractivity contribution in [1.82, 2.24) is 10.2 Å². The molecule has 3 aromatic rings. The summed E-state index contributed by atoms with van der Waals surface area (Å²) in [7, 11) is 0. The lowest BCUT2D eigenvalue weighted by molar-refractivity contribution is -0.122. The van der Waals surface area contributed by atoms with E-state index in [4.69, 9.17) is 4.74 Å². The quantitative estimate of drug-likeness (QED) is 0.428. The summed E-state index contributed by atoms with van der Waals surface area (Å²) in [6, 6.07) is 14.2. The number of hydrogen-bond donors (Lipinski definition) is 1. The lowest BCUT2D eigenvalue weighted by Gasteiger charge is -2.17. The first kappa shape index (κ1) is 20.4. The first-order chi connectivity index (χ1) is 13.4. The van der Waals surface area contributed by atoms with Gasteiger partial charge in [0.1, 0.15) is 5.75 Å². The summed E-state index contributed by atoms with van der Waals surface area (Å²) in [6.45, 7) is 7.78. The Hall–Kier alpha value is -2.38. The minimum Gasteiger partial charge on any atom is -0.481 e. The molecule has 0 radical (unpaired) electrons. The normalized spacial score (nSPS) is 11.9. The number of carbonyl (C=O) groups excluding carboxylic acids is 1. The summed E-state index contributed by atoms with van der Waals surface area (Å²) in [5.41, 5.74) is 4.52. The van der Waals surface area contributed by atoms with Gasteiger partial charge in [-0.3, -0.25) is 10.1 Å². The predicted molar refractivity (Wildman–Crippen MR) is 115 cm³/mol. The highest BCUT2D eigenvalue weighted by molar-refractivity contribution is 8.00. The third kappa shape index (κ3) is 5.33. The summed E-state index contributed by atoms with van der Waals surface area (Å²) in [4.78, 5) is 12.5. The standard InChI is InChI=1S/C21H23N3O2S2/c1-13-10-14(2)15(3)18(11-13)26-16(4)19(25)22-20-23-24-21(28-20)27-12-17-8-6-5-7-9-17/h5-11,16H,12H2,1-4H3,(H,22,23,25)/t16-/m1/s1. The van der Waals surface area contributed by atoms with Crippen molar-refractivity contribution in [2.24, 2.45) is 0 Å². The molecule has 5 nitrogen and oxygen atoms in total. The summed E-state index contributed by atoms with van der Waals surface area (Å²) >= 11 is 2.97. The lowest BCUT2D eigenvalue weighted by atomic mass is 10.1. The van der Waals surface area contributed by atoms with Crippen molar-refractivity contribution in [2.75, 3.05) is 5.32 Å². The molecular formula is C21H23N3O2S2. The maximum absolute atomic E-state index is 12.5. The molecule has 1 atom stereocenters. The smallest absolute Gasteiger partial charge is 0.266 e. The van der Waals surface area contributed by atoms with Gasteiger partial charge in [-0.15, -0.1) is 10.2 Å². The van der Waals surface area contributed by atoms with Gasteiger partial charge in [-0.1, -0.05) is 59.5 Å². The third-order valence-electron chi connectivity index (χ3n) is 4.28. The Bertz CT molecular complexity index is 958. The number of carbonyl (C=O) groups is 1. The van der Waals surface area contributed by atoms with Crippen LogP contribution in [-0.4, -0.2) is 22.2 Å². The van der Waals surface area contributed by atoms with Gasteiger partial charge in [-0.2, -0.15) is 0 Å². The fourth-order valence-electron chi connectivity index (χ4n) is 2.61. The zero-order chi connectivity index (χ0) is 20.1. The summed E-state index contributed by atoms with van der Waals surface area (Å²) < 4.78 is 6.71. The van der Waals surface area contributed by atoms with Crippen molar-refractivity contribution >= 4 is 34.1 Å². The molecule has 7 heteroatoms. The largest absolute Gasteiger partial charge is 0.481 e. The second-order valence-corrected chi connectivity index (χ2v) is 8.80. The van der Waals surface area contributed by atoms with Crippen LogP contribution in [0.2, 0.25) is 0 Å². The number of amides is 1. The Morgan fingerprint density at radius 2 is 1.93 bits per heavy atom. The number of rotatable bonds is 7. The van der Waals surface area contributed by atoms with Crippen LogP contribution in [0.5, 0.6) is 5.75 Å². The van der Waals surface area contributed by atoms with Gasteiger partial charge in [-0.25, -0.2) is 0 Å². The van der Waals surface area contributed by atoms with Crippen LogP contribution in [0.25, 0.3) is 0 Å². The Kier molecular flexibility index (Phi) is 6.70. The average molecular weight is 414 g/mol. The molecule has 1 amide bonds. The van der Waals surface area contributed by atoms with Crippen molar-refractivity contribution in [3.8, 4) is 5.75 Å². The lowest BCUT2D eigenvalue weighted by Crippen LogP contribution is -2.30. The summed E-state index contributed by atoms with van der Waals surface area (Å²) in [5.74, 6) is 1.31. The number of benzene rings is 2. The van der Waals surface area contributed by atoms with E-state index in [9.17, 15) is 4.79 Å². The number of aromatic nitrogens is 2. The molecule has 3 rings (SSSR count). The monoisotopic (exact) mass is 413 g/mol. The van der Waals surface area contributed by atoms with E-state index >= 15 is 0 Å². The van der Waals surface area contributed by atoms with Gasteiger partial charge in [0.05, 0.1) is 0 Å². The molecule has 2 aromatic carbocycles. The number of thioether (sulfide) groups is 1. The Morgan fingerprint density at radius 3 is 2.68 bits per heavy atom. The van der Waals surface area contributed by atoms with Crippen LogP contribution in [0, 0.1) is 20.8 Å². The van der Waals surface area contributed by atoms with Crippen molar-refractivity contribution in [1.29, 1.82) is 0 Å². The van der Waals surface area contributed by atoms with Crippen LogP contribution in [0.1, 0.15) is 29.2 Å². The van der Waals surface area contributed by atoms with E-state index in [1.54, 1.807) is 18.7 Å². The van der Waals surface area contributed by atoms with E-state index in [0.717, 1.165) is 32.5 Å². The van der Waals surface area contributed by atoms with E-state index in [1.165, 1.54) is 16.9 Å². The fourth-order valence-corrected chi connectivity index (χ4v) is 4.32. The van der Waals surface area contributed by atoms with Crippen LogP contribution in [0.4, 0.5) is 5.13 Å². The number of ether oxygens (including phenoxy) is 1. The molecule has 0 spiro atoms. The summed E-state index contributed by atoms with van der Waals surface area (Å²) in [5, 5.41) is 11.5. The van der Waals surface area contributed by atoms with Crippen LogP contribution < -0.4 is 10.1 Å². The topological polar surface area (TPSA) is 64.1 Å². The van der Waals surface area contributed by atoms with Crippen LogP contribution in [0.3, 0.4) is 0 Å². The average Bonchev–Trinajstić information content (AvgIpc) is 3.12. The third-order valence-corrected chi connectivity index (χ3v) is 6.32. The zero-order valence-corrected chi connectivity index (χ0v) is 18.0. The highest BCUT2D eigenvalue weighted by Gasteiger charge is 2.18. The minimum atomic E-state index is -0.635. The molecule has 0 aliphatic carbocycles. The first-order valence-electron chi connectivity index (χ1n) is 8.98. The maximum Gasteiger partial charge on any atom is 0.266 e. The molecule has 0 saturated carbocycles. The van der Waals surface area contributed by atoms with Gasteiger partial charge in [0, 0.05) is 5.75 Å². The summed E-state index contributed by atoms with van der Waals surface area (Å²) in [6.07, 6.45) is -0.635. The Labute approximate surface area is 173 Å². The molecule has 28 heavy (non-hydrogen) atoms. The Balaban J connectivity index is 1.56. The van der Waals surface area contributed by atoms with Gasteiger partial charge in [0.2, 0.25) is 5.13 Å². The van der Waals surface area contributed by atoms with E-state index in [-0.39, 0.29) is 5.91 Å². The highest BCUT2D eigenvalue weighted by atomic mass is 32.2. The minimum absolute atomic E-state index is 0.241. The SMILES string of the molecule is Cc1cc(C)c(C)c(O[C@H](C)C(=O)Nc2nnc(SCc3ccccc3)s2)c1. The van der Waals surface area contributed by atoms with Crippen LogP contribution in [0.15, 0.2) is 46.8 Å². The van der Waals surface area contributed by atoms with Gasteiger partial charge in [0.25, 0.3) is 5.91 Å². The molecule has 0 aliphatic heterocycles.